The second kappa shape index (κ2) is 7.04. The Morgan fingerprint density at radius 3 is 2.77 bits per heavy atom. The number of likely N-dealkylation sites (N-methyl/N-ethyl adjacent to an activating group) is 1. The molecule has 0 aliphatic heterocycles. The fraction of sp³-hybridized carbons (Fsp3) is 0.188. The number of para-hydroxylation sites is 1. The predicted octanol–water partition coefficient (Wildman–Crippen LogP) is 2.17. The number of hydrogen-bond donors (Lipinski definition) is 2. The van der Waals surface area contributed by atoms with E-state index in [9.17, 15) is 15.4 Å². The molecule has 0 bridgehead atoms. The molecule has 3 aromatic rings. The van der Waals surface area contributed by atoms with E-state index in [4.69, 9.17) is 9.74 Å². The van der Waals surface area contributed by atoms with Crippen LogP contribution in [0.3, 0.4) is 0 Å². The first-order chi connectivity index (χ1) is 12.6. The number of anilines is 3. The second-order valence-electron chi connectivity index (χ2n) is 5.44. The van der Waals surface area contributed by atoms with E-state index in [2.05, 4.69) is 21.7 Å². The van der Waals surface area contributed by atoms with Gasteiger partial charge < -0.3 is 15.3 Å². The van der Waals surface area contributed by atoms with Crippen molar-refractivity contribution in [2.75, 3.05) is 30.4 Å². The van der Waals surface area contributed by atoms with Gasteiger partial charge in [-0.2, -0.15) is 5.26 Å². The average Bonchev–Trinajstić information content (AvgIpc) is 3.11. The topological polar surface area (TPSA) is 141 Å². The third-order valence-corrected chi connectivity index (χ3v) is 3.84. The fourth-order valence-corrected chi connectivity index (χ4v) is 2.59. The molecule has 10 nitrogen and oxygen atoms in total. The summed E-state index contributed by atoms with van der Waals surface area (Å²) in [4.78, 5) is 12.5. The number of nitro groups is 1. The van der Waals surface area contributed by atoms with Crippen LogP contribution in [0, 0.1) is 21.4 Å². The number of rotatable bonds is 6. The standard InChI is InChI=1S/C16H14N6O4/c1-21(6-7-23)13-8-12(18-11-5-3-2-4-10(11)9-17)14-15(20-26-19-14)16(13)22(24)25/h2-5,8,18,23H,6-7H2,1H3. The molecule has 0 saturated heterocycles. The summed E-state index contributed by atoms with van der Waals surface area (Å²) in [5, 5.41) is 40.4. The Kier molecular flexibility index (Phi) is 4.64. The molecule has 0 aliphatic carbocycles. The SMILES string of the molecule is CN(CCO)c1cc(Nc2ccccc2C#N)c2nonc2c1[N+](=O)[O-]. The number of fused-ring (bicyclic) bond motifs is 1. The summed E-state index contributed by atoms with van der Waals surface area (Å²) in [7, 11) is 1.62. The van der Waals surface area contributed by atoms with Gasteiger partial charge in [-0.25, -0.2) is 4.63 Å². The first kappa shape index (κ1) is 17.1. The zero-order valence-corrected chi connectivity index (χ0v) is 13.7. The molecule has 26 heavy (non-hydrogen) atoms. The average molecular weight is 354 g/mol. The highest BCUT2D eigenvalue weighted by atomic mass is 16.6. The maximum atomic E-state index is 11.6. The molecule has 10 heteroatoms. The van der Waals surface area contributed by atoms with Crippen LogP contribution in [0.25, 0.3) is 11.0 Å². The number of nitrogens with one attached hydrogen (secondary N) is 1. The Morgan fingerprint density at radius 1 is 1.35 bits per heavy atom. The van der Waals surface area contributed by atoms with E-state index in [-0.39, 0.29) is 35.6 Å². The van der Waals surface area contributed by atoms with Gasteiger partial charge in [-0.1, -0.05) is 12.1 Å². The summed E-state index contributed by atoms with van der Waals surface area (Å²) in [5.74, 6) is 0. The van der Waals surface area contributed by atoms with Crippen LogP contribution in [0.2, 0.25) is 0 Å². The van der Waals surface area contributed by atoms with Crippen molar-refractivity contribution in [1.29, 1.82) is 5.26 Å². The Morgan fingerprint density at radius 2 is 2.08 bits per heavy atom. The van der Waals surface area contributed by atoms with E-state index >= 15 is 0 Å². The first-order valence-electron chi connectivity index (χ1n) is 7.58. The smallest absolute Gasteiger partial charge is 0.323 e. The molecule has 1 heterocycles. The van der Waals surface area contributed by atoms with Crippen molar-refractivity contribution >= 4 is 33.8 Å². The van der Waals surface area contributed by atoms with Crippen molar-refractivity contribution in [1.82, 2.24) is 10.3 Å². The van der Waals surface area contributed by atoms with E-state index in [0.717, 1.165) is 0 Å². The van der Waals surface area contributed by atoms with Crippen molar-refractivity contribution in [3.05, 3.63) is 46.0 Å². The molecule has 2 N–H and O–H groups in total. The zero-order chi connectivity index (χ0) is 18.7. The van der Waals surface area contributed by atoms with Crippen LogP contribution in [0.5, 0.6) is 0 Å². The molecule has 3 rings (SSSR count). The van der Waals surface area contributed by atoms with E-state index in [1.54, 1.807) is 31.3 Å². The van der Waals surface area contributed by atoms with Crippen LogP contribution in [-0.2, 0) is 0 Å². The van der Waals surface area contributed by atoms with Gasteiger partial charge in [0, 0.05) is 13.6 Å². The first-order valence-corrected chi connectivity index (χ1v) is 7.58. The molecule has 1 aromatic heterocycles. The summed E-state index contributed by atoms with van der Waals surface area (Å²) in [6, 6.07) is 10.4. The summed E-state index contributed by atoms with van der Waals surface area (Å²) in [6.07, 6.45) is 0. The van der Waals surface area contributed by atoms with Crippen LogP contribution in [-0.4, -0.2) is 40.5 Å². The van der Waals surface area contributed by atoms with Gasteiger partial charge in [0.2, 0.25) is 5.52 Å². The number of aliphatic hydroxyl groups is 1. The lowest BCUT2D eigenvalue weighted by Gasteiger charge is -2.19. The van der Waals surface area contributed by atoms with Gasteiger partial charge in [0.15, 0.2) is 5.52 Å². The maximum absolute atomic E-state index is 11.6. The Hall–Kier alpha value is -3.71. The lowest BCUT2D eigenvalue weighted by atomic mass is 10.1. The molecule has 132 valence electrons. The fourth-order valence-electron chi connectivity index (χ4n) is 2.59. The Labute approximate surface area is 147 Å². The highest BCUT2D eigenvalue weighted by Crippen LogP contribution is 2.39. The zero-order valence-electron chi connectivity index (χ0n) is 13.7. The van der Waals surface area contributed by atoms with Gasteiger partial charge in [0.05, 0.1) is 28.5 Å². The van der Waals surface area contributed by atoms with Crippen molar-refractivity contribution in [2.24, 2.45) is 0 Å². The molecule has 0 saturated carbocycles. The van der Waals surface area contributed by atoms with E-state index in [1.807, 2.05) is 0 Å². The number of aromatic nitrogens is 2. The van der Waals surface area contributed by atoms with Gasteiger partial charge >= 0.3 is 5.69 Å². The summed E-state index contributed by atoms with van der Waals surface area (Å²) in [6.45, 7) is 0.00857. The van der Waals surface area contributed by atoms with E-state index < -0.39 is 4.92 Å². The third kappa shape index (κ3) is 2.99. The molecule has 0 aliphatic rings. The van der Waals surface area contributed by atoms with Crippen LogP contribution < -0.4 is 10.2 Å². The molecule has 0 unspecified atom stereocenters. The molecule has 2 aromatic carbocycles. The lowest BCUT2D eigenvalue weighted by Crippen LogP contribution is -2.22. The van der Waals surface area contributed by atoms with Crippen molar-refractivity contribution in [2.45, 2.75) is 0 Å². The van der Waals surface area contributed by atoms with E-state index in [1.165, 1.54) is 11.0 Å². The van der Waals surface area contributed by atoms with Gasteiger partial charge in [-0.15, -0.1) is 0 Å². The minimum Gasteiger partial charge on any atom is -0.395 e. The molecule has 0 spiro atoms. The van der Waals surface area contributed by atoms with Crippen LogP contribution in [0.1, 0.15) is 5.56 Å². The molecule has 0 atom stereocenters. The quantitative estimate of drug-likeness (QED) is 0.503. The largest absolute Gasteiger partial charge is 0.395 e. The number of nitriles is 1. The molecule has 0 fully saturated rings. The van der Waals surface area contributed by atoms with Gasteiger partial charge in [0.1, 0.15) is 11.8 Å². The van der Waals surface area contributed by atoms with Gasteiger partial charge in [0.25, 0.3) is 0 Å². The molecule has 0 radical (unpaired) electrons. The highest BCUT2D eigenvalue weighted by Gasteiger charge is 2.28. The highest BCUT2D eigenvalue weighted by molar-refractivity contribution is 6.00. The molecular formula is C16H14N6O4. The monoisotopic (exact) mass is 354 g/mol. The Bertz CT molecular complexity index is 1010. The van der Waals surface area contributed by atoms with E-state index in [0.29, 0.717) is 16.9 Å². The van der Waals surface area contributed by atoms with Crippen molar-refractivity contribution in [3.8, 4) is 6.07 Å². The normalized spacial score (nSPS) is 10.5. The third-order valence-electron chi connectivity index (χ3n) is 3.84. The number of benzene rings is 2. The second-order valence-corrected chi connectivity index (χ2v) is 5.44. The number of nitro benzene ring substituents is 1. The summed E-state index contributed by atoms with van der Waals surface area (Å²) in [5.41, 5.74) is 1.44. The summed E-state index contributed by atoms with van der Waals surface area (Å²) < 4.78 is 4.71. The minimum absolute atomic E-state index is 0.0192. The maximum Gasteiger partial charge on any atom is 0.323 e. The Balaban J connectivity index is 2.20. The summed E-state index contributed by atoms with van der Waals surface area (Å²) >= 11 is 0. The molecular weight excluding hydrogens is 340 g/mol. The van der Waals surface area contributed by atoms with Crippen molar-refractivity contribution in [3.63, 3.8) is 0 Å². The minimum atomic E-state index is -0.567. The predicted molar refractivity (Wildman–Crippen MR) is 93.3 cm³/mol. The van der Waals surface area contributed by atoms with Crippen LogP contribution in [0.15, 0.2) is 35.0 Å². The van der Waals surface area contributed by atoms with Crippen LogP contribution in [0.4, 0.5) is 22.7 Å². The van der Waals surface area contributed by atoms with Gasteiger partial charge in [-0.05, 0) is 28.5 Å². The molecule has 0 amide bonds. The number of aliphatic hydroxyl groups excluding tert-OH is 1. The van der Waals surface area contributed by atoms with Gasteiger partial charge in [-0.3, -0.25) is 10.1 Å². The van der Waals surface area contributed by atoms with Crippen molar-refractivity contribution < 1.29 is 14.7 Å². The lowest BCUT2D eigenvalue weighted by molar-refractivity contribution is -0.382. The van der Waals surface area contributed by atoms with Crippen LogP contribution >= 0.6 is 0 Å². The number of nitrogens with zero attached hydrogens (tertiary/aromatic N) is 5. The number of hydrogen-bond acceptors (Lipinski definition) is 9.